The number of benzene rings is 3. The third-order valence-electron chi connectivity index (χ3n) is 5.45. The molecule has 0 aromatic heterocycles. The van der Waals surface area contributed by atoms with E-state index < -0.39 is 17.7 Å². The second kappa shape index (κ2) is 8.11. The summed E-state index contributed by atoms with van der Waals surface area (Å²) in [5.41, 5.74) is 3.62. The Labute approximate surface area is 181 Å². The number of aliphatic hydroxyl groups excluding tert-OH is 1. The highest BCUT2D eigenvalue weighted by Crippen LogP contribution is 2.43. The van der Waals surface area contributed by atoms with Crippen molar-refractivity contribution in [1.82, 2.24) is 0 Å². The maximum atomic E-state index is 13.2. The van der Waals surface area contributed by atoms with Crippen LogP contribution in [0.15, 0.2) is 78.4 Å². The molecule has 0 radical (unpaired) electrons. The minimum atomic E-state index is -0.756. The molecule has 1 amide bonds. The van der Waals surface area contributed by atoms with Crippen molar-refractivity contribution >= 4 is 23.1 Å². The minimum absolute atomic E-state index is 0.0432. The van der Waals surface area contributed by atoms with E-state index in [0.29, 0.717) is 17.0 Å². The Morgan fingerprint density at radius 1 is 0.903 bits per heavy atom. The van der Waals surface area contributed by atoms with Gasteiger partial charge in [0.05, 0.1) is 24.3 Å². The van der Waals surface area contributed by atoms with Gasteiger partial charge < -0.3 is 9.84 Å². The summed E-state index contributed by atoms with van der Waals surface area (Å²) in [5.74, 6) is -1.22. The lowest BCUT2D eigenvalue weighted by molar-refractivity contribution is -0.132. The van der Waals surface area contributed by atoms with Gasteiger partial charge in [0.2, 0.25) is 0 Å². The minimum Gasteiger partial charge on any atom is -0.507 e. The van der Waals surface area contributed by atoms with E-state index in [9.17, 15) is 14.7 Å². The monoisotopic (exact) mass is 413 g/mol. The molecule has 0 saturated carbocycles. The molecule has 1 aliphatic heterocycles. The lowest BCUT2D eigenvalue weighted by Crippen LogP contribution is -2.29. The first-order valence-corrected chi connectivity index (χ1v) is 10.00. The van der Waals surface area contributed by atoms with Gasteiger partial charge >= 0.3 is 0 Å². The van der Waals surface area contributed by atoms with Gasteiger partial charge in [-0.3, -0.25) is 14.5 Å². The molecular formula is C26H23NO4. The third-order valence-corrected chi connectivity index (χ3v) is 5.45. The van der Waals surface area contributed by atoms with Crippen molar-refractivity contribution in [2.24, 2.45) is 0 Å². The number of carbonyl (C=O) groups excluding carboxylic acids is 2. The summed E-state index contributed by atoms with van der Waals surface area (Å²) in [6, 6.07) is 21.3. The van der Waals surface area contributed by atoms with E-state index in [0.717, 1.165) is 16.7 Å². The van der Waals surface area contributed by atoms with Gasteiger partial charge in [-0.2, -0.15) is 0 Å². The fraction of sp³-hybridized carbons (Fsp3) is 0.154. The topological polar surface area (TPSA) is 66.8 Å². The number of rotatable bonds is 4. The van der Waals surface area contributed by atoms with Crippen LogP contribution in [0.3, 0.4) is 0 Å². The molecule has 4 rings (SSSR count). The Morgan fingerprint density at radius 2 is 1.61 bits per heavy atom. The van der Waals surface area contributed by atoms with Gasteiger partial charge in [-0.15, -0.1) is 0 Å². The average Bonchev–Trinajstić information content (AvgIpc) is 3.04. The quantitative estimate of drug-likeness (QED) is 0.374. The van der Waals surface area contributed by atoms with Crippen LogP contribution >= 0.6 is 0 Å². The van der Waals surface area contributed by atoms with E-state index in [1.807, 2.05) is 68.4 Å². The number of ketones is 1. The first-order chi connectivity index (χ1) is 14.9. The highest BCUT2D eigenvalue weighted by atomic mass is 16.5. The molecule has 31 heavy (non-hydrogen) atoms. The van der Waals surface area contributed by atoms with Crippen LogP contribution in [0.1, 0.15) is 28.3 Å². The molecule has 156 valence electrons. The molecule has 1 aliphatic rings. The van der Waals surface area contributed by atoms with Gasteiger partial charge in [-0.25, -0.2) is 0 Å². The number of Topliss-reactive ketones (excluding diaryl/α,β-unsaturated/α-hetero) is 1. The SMILES string of the molecule is COc1ccc(C)cc1/C(O)=C1\C(=O)C(=O)N(c2cccc(C)c2)C1c1ccccc1. The average molecular weight is 413 g/mol. The Kier molecular flexibility index (Phi) is 5.34. The predicted molar refractivity (Wildman–Crippen MR) is 120 cm³/mol. The maximum absolute atomic E-state index is 13.2. The molecule has 0 aliphatic carbocycles. The van der Waals surface area contributed by atoms with Gasteiger partial charge in [0.1, 0.15) is 11.5 Å². The van der Waals surface area contributed by atoms with Crippen molar-refractivity contribution in [3.63, 3.8) is 0 Å². The Morgan fingerprint density at radius 3 is 2.29 bits per heavy atom. The van der Waals surface area contributed by atoms with Crippen LogP contribution in [0.4, 0.5) is 5.69 Å². The number of hydrogen-bond acceptors (Lipinski definition) is 4. The number of anilines is 1. The summed E-state index contributed by atoms with van der Waals surface area (Å²) in [4.78, 5) is 27.8. The molecule has 5 nitrogen and oxygen atoms in total. The molecule has 1 heterocycles. The molecule has 1 unspecified atom stereocenters. The standard InChI is InChI=1S/C26H23NO4/c1-16-8-7-11-19(14-16)27-23(18-9-5-4-6-10-18)22(25(29)26(27)30)24(28)20-15-17(2)12-13-21(20)31-3/h4-15,23,28H,1-3H3/b24-22+. The fourth-order valence-corrected chi connectivity index (χ4v) is 3.98. The second-order valence-electron chi connectivity index (χ2n) is 7.62. The van der Waals surface area contributed by atoms with E-state index in [2.05, 4.69) is 0 Å². The summed E-state index contributed by atoms with van der Waals surface area (Å²) in [5, 5.41) is 11.3. The van der Waals surface area contributed by atoms with Crippen molar-refractivity contribution in [3.8, 4) is 5.75 Å². The van der Waals surface area contributed by atoms with Crippen molar-refractivity contribution < 1.29 is 19.4 Å². The Balaban J connectivity index is 1.99. The van der Waals surface area contributed by atoms with E-state index in [1.54, 1.807) is 18.2 Å². The van der Waals surface area contributed by atoms with Gasteiger partial charge in [-0.1, -0.05) is 54.1 Å². The lowest BCUT2D eigenvalue weighted by atomic mass is 9.94. The summed E-state index contributed by atoms with van der Waals surface area (Å²) < 4.78 is 5.41. The number of aryl methyl sites for hydroxylation is 2. The summed E-state index contributed by atoms with van der Waals surface area (Å²) in [6.07, 6.45) is 0. The molecule has 3 aromatic rings. The number of ether oxygens (including phenoxy) is 1. The lowest BCUT2D eigenvalue weighted by Gasteiger charge is -2.26. The number of carbonyl (C=O) groups is 2. The van der Waals surface area contributed by atoms with Gasteiger partial charge in [0.25, 0.3) is 11.7 Å². The van der Waals surface area contributed by atoms with Gasteiger partial charge in [0.15, 0.2) is 0 Å². The molecule has 1 atom stereocenters. The van der Waals surface area contributed by atoms with Crippen molar-refractivity contribution in [1.29, 1.82) is 0 Å². The summed E-state index contributed by atoms with van der Waals surface area (Å²) in [6.45, 7) is 3.81. The Bertz CT molecular complexity index is 1200. The number of methoxy groups -OCH3 is 1. The van der Waals surface area contributed by atoms with E-state index >= 15 is 0 Å². The van der Waals surface area contributed by atoms with E-state index in [-0.39, 0.29) is 11.3 Å². The molecule has 1 N–H and O–H groups in total. The molecule has 0 bridgehead atoms. The molecule has 0 spiro atoms. The second-order valence-corrected chi connectivity index (χ2v) is 7.62. The third kappa shape index (κ3) is 3.59. The largest absolute Gasteiger partial charge is 0.507 e. The molecule has 1 saturated heterocycles. The Hall–Kier alpha value is -3.86. The van der Waals surface area contributed by atoms with Crippen LogP contribution in [0, 0.1) is 13.8 Å². The molecular weight excluding hydrogens is 390 g/mol. The zero-order valence-corrected chi connectivity index (χ0v) is 17.6. The first-order valence-electron chi connectivity index (χ1n) is 10.00. The maximum Gasteiger partial charge on any atom is 0.300 e. The van der Waals surface area contributed by atoms with Crippen molar-refractivity contribution in [3.05, 3.63) is 101 Å². The van der Waals surface area contributed by atoms with Gasteiger partial charge in [-0.05, 0) is 49.2 Å². The number of nitrogens with zero attached hydrogens (tertiary/aromatic N) is 1. The van der Waals surface area contributed by atoms with Crippen molar-refractivity contribution in [2.75, 3.05) is 12.0 Å². The van der Waals surface area contributed by atoms with Crippen LogP contribution in [0.25, 0.3) is 5.76 Å². The summed E-state index contributed by atoms with van der Waals surface area (Å²) in [7, 11) is 1.50. The predicted octanol–water partition coefficient (Wildman–Crippen LogP) is 4.94. The van der Waals surface area contributed by atoms with Crippen molar-refractivity contribution in [2.45, 2.75) is 19.9 Å². The number of amides is 1. The molecule has 5 heteroatoms. The van der Waals surface area contributed by atoms with Crippen LogP contribution in [0.2, 0.25) is 0 Å². The van der Waals surface area contributed by atoms with E-state index in [4.69, 9.17) is 4.74 Å². The van der Waals surface area contributed by atoms with Crippen LogP contribution in [-0.2, 0) is 9.59 Å². The van der Waals surface area contributed by atoms with Gasteiger partial charge in [0, 0.05) is 5.69 Å². The van der Waals surface area contributed by atoms with Crippen LogP contribution in [-0.4, -0.2) is 23.9 Å². The highest BCUT2D eigenvalue weighted by Gasteiger charge is 2.47. The van der Waals surface area contributed by atoms with E-state index in [1.165, 1.54) is 12.0 Å². The normalized spacial score (nSPS) is 17.8. The molecule has 3 aromatic carbocycles. The number of hydrogen-bond donors (Lipinski definition) is 1. The van der Waals surface area contributed by atoms with Crippen LogP contribution < -0.4 is 9.64 Å². The molecule has 1 fully saturated rings. The fourth-order valence-electron chi connectivity index (χ4n) is 3.98. The van der Waals surface area contributed by atoms with Crippen LogP contribution in [0.5, 0.6) is 5.75 Å². The zero-order chi connectivity index (χ0) is 22.1. The first kappa shape index (κ1) is 20.4. The summed E-state index contributed by atoms with van der Waals surface area (Å²) >= 11 is 0. The number of aliphatic hydroxyl groups is 1. The smallest absolute Gasteiger partial charge is 0.300 e. The highest BCUT2D eigenvalue weighted by molar-refractivity contribution is 6.51. The zero-order valence-electron chi connectivity index (χ0n) is 17.6.